The van der Waals surface area contributed by atoms with E-state index in [0.717, 1.165) is 0 Å². The number of carbonyl (C=O) groups is 3. The molecule has 0 aliphatic heterocycles. The Hall–Kier alpha value is -4.08. The number of esters is 2. The van der Waals surface area contributed by atoms with Gasteiger partial charge in [-0.05, 0) is 78.9 Å². The molecule has 4 aromatic rings. The second kappa shape index (κ2) is 14.0. The van der Waals surface area contributed by atoms with Crippen LogP contribution in [0.15, 0.2) is 90.0 Å². The normalized spacial score (nSPS) is 10.7. The van der Waals surface area contributed by atoms with Crippen LogP contribution in [0.2, 0.25) is 20.1 Å². The molecule has 0 spiro atoms. The fourth-order valence-corrected chi connectivity index (χ4v) is 3.93. The largest absolute Gasteiger partial charge is 0.482 e. The Kier molecular flexibility index (Phi) is 10.2. The summed E-state index contributed by atoms with van der Waals surface area (Å²) in [5, 5.41) is 5.49. The Balaban J connectivity index is 1.48. The average Bonchev–Trinajstić information content (AvgIpc) is 2.94. The minimum atomic E-state index is -0.699. The van der Waals surface area contributed by atoms with Crippen molar-refractivity contribution in [2.24, 2.45) is 5.10 Å². The fraction of sp³-hybridized carbons (Fsp3) is 0.0345. The van der Waals surface area contributed by atoms with E-state index in [2.05, 4.69) is 10.5 Å². The van der Waals surface area contributed by atoms with Crippen molar-refractivity contribution in [1.29, 1.82) is 0 Å². The lowest BCUT2D eigenvalue weighted by atomic mass is 10.2. The van der Waals surface area contributed by atoms with Crippen LogP contribution in [0.4, 0.5) is 0 Å². The second-order valence-electron chi connectivity index (χ2n) is 8.15. The topological polar surface area (TPSA) is 103 Å². The average molecular weight is 632 g/mol. The lowest BCUT2D eigenvalue weighted by molar-refractivity contribution is -0.123. The molecule has 1 N–H and O–H groups in total. The SMILES string of the molecule is O=C(COc1ccc(Cl)cc1Cl)NN=Cc1ccc(OC(=O)c2ccc(Cl)cc2)cc1OC(=O)c1ccc(Cl)cc1. The molecule has 0 saturated carbocycles. The van der Waals surface area contributed by atoms with Crippen molar-refractivity contribution in [3.05, 3.63) is 122 Å². The maximum Gasteiger partial charge on any atom is 0.343 e. The highest BCUT2D eigenvalue weighted by Gasteiger charge is 2.15. The van der Waals surface area contributed by atoms with Crippen LogP contribution in [0, 0.1) is 0 Å². The van der Waals surface area contributed by atoms with Gasteiger partial charge < -0.3 is 14.2 Å². The van der Waals surface area contributed by atoms with Gasteiger partial charge in [0.2, 0.25) is 0 Å². The molecular weight excluding hydrogens is 614 g/mol. The summed E-state index contributed by atoms with van der Waals surface area (Å²) in [6.45, 7) is -0.378. The van der Waals surface area contributed by atoms with Crippen LogP contribution in [0.5, 0.6) is 17.2 Å². The maximum absolute atomic E-state index is 12.8. The standard InChI is InChI=1S/C29H18Cl4N2O6/c30-20-6-1-17(2-7-20)28(37)40-23-11-5-19(26(14-23)41-29(38)18-3-8-21(31)9-4-18)15-34-35-27(36)16-39-25-12-10-22(32)13-24(25)33/h1-15H,16H2,(H,35,36). The lowest BCUT2D eigenvalue weighted by Gasteiger charge is -2.11. The summed E-state index contributed by atoms with van der Waals surface area (Å²) in [5.74, 6) is -1.55. The Morgan fingerprint density at radius 3 is 1.88 bits per heavy atom. The van der Waals surface area contributed by atoms with Crippen LogP contribution in [0.3, 0.4) is 0 Å². The number of hydrogen-bond acceptors (Lipinski definition) is 7. The maximum atomic E-state index is 12.8. The van der Waals surface area contributed by atoms with Crippen LogP contribution in [0.25, 0.3) is 0 Å². The van der Waals surface area contributed by atoms with Gasteiger partial charge in [-0.1, -0.05) is 46.4 Å². The Morgan fingerprint density at radius 1 is 0.683 bits per heavy atom. The molecule has 12 heteroatoms. The summed E-state index contributed by atoms with van der Waals surface area (Å²) in [7, 11) is 0. The van der Waals surface area contributed by atoms with Crippen molar-refractivity contribution in [2.45, 2.75) is 0 Å². The Bertz CT molecular complexity index is 1610. The third-order valence-corrected chi connectivity index (χ3v) is 6.24. The molecule has 0 aliphatic carbocycles. The quantitative estimate of drug-likeness (QED) is 0.0902. The first-order valence-electron chi connectivity index (χ1n) is 11.7. The van der Waals surface area contributed by atoms with Gasteiger partial charge in [-0.2, -0.15) is 5.10 Å². The van der Waals surface area contributed by atoms with Crippen LogP contribution < -0.4 is 19.6 Å². The number of nitrogens with one attached hydrogen (secondary N) is 1. The first-order chi connectivity index (χ1) is 19.7. The third-order valence-electron chi connectivity index (χ3n) is 5.20. The number of hydrazone groups is 1. The Labute approximate surface area is 254 Å². The molecule has 208 valence electrons. The molecule has 0 unspecified atom stereocenters. The van der Waals surface area contributed by atoms with Gasteiger partial charge in [-0.3, -0.25) is 4.79 Å². The minimum Gasteiger partial charge on any atom is -0.482 e. The number of hydrogen-bond donors (Lipinski definition) is 1. The summed E-state index contributed by atoms with van der Waals surface area (Å²) in [6.07, 6.45) is 1.25. The van der Waals surface area contributed by atoms with Gasteiger partial charge in [0.15, 0.2) is 6.61 Å². The monoisotopic (exact) mass is 630 g/mol. The molecule has 4 aromatic carbocycles. The number of amides is 1. The molecule has 0 heterocycles. The first-order valence-corrected chi connectivity index (χ1v) is 13.2. The van der Waals surface area contributed by atoms with Gasteiger partial charge in [0, 0.05) is 26.7 Å². The summed E-state index contributed by atoms with van der Waals surface area (Å²) in [6, 6.07) is 21.1. The molecule has 0 aliphatic rings. The molecule has 0 aromatic heterocycles. The third kappa shape index (κ3) is 8.70. The van der Waals surface area contributed by atoms with E-state index in [9.17, 15) is 14.4 Å². The zero-order valence-corrected chi connectivity index (χ0v) is 23.8. The lowest BCUT2D eigenvalue weighted by Crippen LogP contribution is -2.24. The van der Waals surface area contributed by atoms with Crippen LogP contribution in [-0.2, 0) is 4.79 Å². The van der Waals surface area contributed by atoms with Crippen LogP contribution >= 0.6 is 46.4 Å². The van der Waals surface area contributed by atoms with Crippen molar-refractivity contribution in [1.82, 2.24) is 5.43 Å². The number of carbonyl (C=O) groups excluding carboxylic acids is 3. The predicted molar refractivity (Wildman–Crippen MR) is 157 cm³/mol. The van der Waals surface area contributed by atoms with E-state index in [4.69, 9.17) is 60.6 Å². The fourth-order valence-electron chi connectivity index (χ4n) is 3.21. The van der Waals surface area contributed by atoms with E-state index in [1.807, 2.05) is 0 Å². The molecule has 0 bridgehead atoms. The first kappa shape index (κ1) is 29.9. The molecule has 8 nitrogen and oxygen atoms in total. The smallest absolute Gasteiger partial charge is 0.343 e. The van der Waals surface area contributed by atoms with E-state index < -0.39 is 17.8 Å². The molecule has 0 radical (unpaired) electrons. The molecule has 1 amide bonds. The number of ether oxygens (including phenoxy) is 3. The van der Waals surface area contributed by atoms with Gasteiger partial charge in [0.05, 0.1) is 22.4 Å². The molecule has 41 heavy (non-hydrogen) atoms. The van der Waals surface area contributed by atoms with E-state index in [1.165, 1.54) is 60.8 Å². The molecule has 0 saturated heterocycles. The van der Waals surface area contributed by atoms with E-state index in [0.29, 0.717) is 20.6 Å². The van der Waals surface area contributed by atoms with Gasteiger partial charge in [-0.25, -0.2) is 15.0 Å². The number of benzene rings is 4. The van der Waals surface area contributed by atoms with Crippen molar-refractivity contribution >= 4 is 70.5 Å². The predicted octanol–water partition coefficient (Wildman–Crippen LogP) is 7.27. The minimum absolute atomic E-state index is 0.00792. The second-order valence-corrected chi connectivity index (χ2v) is 9.87. The summed E-state index contributed by atoms with van der Waals surface area (Å²) >= 11 is 23.7. The summed E-state index contributed by atoms with van der Waals surface area (Å²) in [5.41, 5.74) is 3.10. The van der Waals surface area contributed by atoms with Crippen molar-refractivity contribution in [3.8, 4) is 17.2 Å². The van der Waals surface area contributed by atoms with Crippen molar-refractivity contribution in [2.75, 3.05) is 6.61 Å². The number of nitrogens with zero attached hydrogens (tertiary/aromatic N) is 1. The van der Waals surface area contributed by atoms with E-state index in [-0.39, 0.29) is 40.0 Å². The Morgan fingerprint density at radius 2 is 1.27 bits per heavy atom. The van der Waals surface area contributed by atoms with Crippen LogP contribution in [-0.4, -0.2) is 30.7 Å². The molecule has 4 rings (SSSR count). The van der Waals surface area contributed by atoms with E-state index in [1.54, 1.807) is 30.3 Å². The number of halogens is 4. The molecular formula is C29H18Cl4N2O6. The zero-order valence-electron chi connectivity index (χ0n) is 20.8. The molecule has 0 atom stereocenters. The highest BCUT2D eigenvalue weighted by Crippen LogP contribution is 2.28. The van der Waals surface area contributed by atoms with Crippen molar-refractivity contribution in [3.63, 3.8) is 0 Å². The highest BCUT2D eigenvalue weighted by atomic mass is 35.5. The van der Waals surface area contributed by atoms with Gasteiger partial charge in [0.25, 0.3) is 5.91 Å². The highest BCUT2D eigenvalue weighted by molar-refractivity contribution is 6.35. The molecule has 0 fully saturated rings. The zero-order chi connectivity index (χ0) is 29.4. The van der Waals surface area contributed by atoms with Gasteiger partial charge in [0.1, 0.15) is 17.2 Å². The summed E-state index contributed by atoms with van der Waals surface area (Å²) < 4.78 is 16.4. The van der Waals surface area contributed by atoms with Crippen LogP contribution in [0.1, 0.15) is 26.3 Å². The van der Waals surface area contributed by atoms with Crippen molar-refractivity contribution < 1.29 is 28.6 Å². The van der Waals surface area contributed by atoms with Gasteiger partial charge >= 0.3 is 11.9 Å². The van der Waals surface area contributed by atoms with E-state index >= 15 is 0 Å². The number of rotatable bonds is 9. The summed E-state index contributed by atoms with van der Waals surface area (Å²) in [4.78, 5) is 37.5. The van der Waals surface area contributed by atoms with Gasteiger partial charge in [-0.15, -0.1) is 0 Å².